The van der Waals surface area contributed by atoms with E-state index < -0.39 is 23.9 Å². The first-order chi connectivity index (χ1) is 13.2. The summed E-state index contributed by atoms with van der Waals surface area (Å²) in [6, 6.07) is 7.25. The molecule has 0 saturated carbocycles. The number of fused-ring (bicyclic) bond motifs is 1. The van der Waals surface area contributed by atoms with Gasteiger partial charge in [0.05, 0.1) is 28.5 Å². The summed E-state index contributed by atoms with van der Waals surface area (Å²) in [6.45, 7) is 4.99. The Bertz CT molecular complexity index is 981. The van der Waals surface area contributed by atoms with Gasteiger partial charge in [-0.05, 0) is 61.7 Å². The maximum absolute atomic E-state index is 12.9. The SMILES string of the molecule is CCC(O)COC(=O)c1ccc2c(c1)C(=O)N(c1cc(C)c(O)cc1C)C2=O. The minimum absolute atomic E-state index is 0.0807. The molecule has 1 aliphatic heterocycles. The molecule has 0 fully saturated rings. The highest BCUT2D eigenvalue weighted by molar-refractivity contribution is 6.35. The molecule has 3 rings (SSSR count). The van der Waals surface area contributed by atoms with Crippen molar-refractivity contribution in [3.05, 3.63) is 58.1 Å². The Morgan fingerprint density at radius 1 is 1.07 bits per heavy atom. The van der Waals surface area contributed by atoms with Crippen LogP contribution in [0.4, 0.5) is 5.69 Å². The molecule has 1 unspecified atom stereocenters. The first-order valence-corrected chi connectivity index (χ1v) is 8.92. The Kier molecular flexibility index (Phi) is 5.20. The minimum atomic E-state index is -0.752. The van der Waals surface area contributed by atoms with Gasteiger partial charge in [0.2, 0.25) is 0 Å². The predicted octanol–water partition coefficient (Wildman–Crippen LogP) is 2.74. The number of imide groups is 1. The highest BCUT2D eigenvalue weighted by Crippen LogP contribution is 2.34. The lowest BCUT2D eigenvalue weighted by atomic mass is 10.1. The van der Waals surface area contributed by atoms with Gasteiger partial charge in [-0.3, -0.25) is 9.59 Å². The molecule has 2 aromatic carbocycles. The second-order valence-electron chi connectivity index (χ2n) is 6.79. The van der Waals surface area contributed by atoms with Gasteiger partial charge >= 0.3 is 5.97 Å². The van der Waals surface area contributed by atoms with Crippen molar-refractivity contribution in [2.75, 3.05) is 11.5 Å². The van der Waals surface area contributed by atoms with Crippen LogP contribution in [0, 0.1) is 13.8 Å². The monoisotopic (exact) mass is 383 g/mol. The number of nitrogens with zero attached hydrogens (tertiary/aromatic N) is 1. The van der Waals surface area contributed by atoms with Crippen molar-refractivity contribution in [2.45, 2.75) is 33.3 Å². The van der Waals surface area contributed by atoms with Gasteiger partial charge in [-0.25, -0.2) is 9.69 Å². The van der Waals surface area contributed by atoms with Gasteiger partial charge in [0, 0.05) is 0 Å². The van der Waals surface area contributed by atoms with E-state index in [1.807, 2.05) is 0 Å². The number of carbonyl (C=O) groups excluding carboxylic acids is 3. The fourth-order valence-electron chi connectivity index (χ4n) is 2.99. The van der Waals surface area contributed by atoms with Crippen LogP contribution in [0.25, 0.3) is 0 Å². The molecule has 0 radical (unpaired) electrons. The van der Waals surface area contributed by atoms with Crippen molar-refractivity contribution in [1.29, 1.82) is 0 Å². The van der Waals surface area contributed by atoms with E-state index in [1.165, 1.54) is 24.3 Å². The van der Waals surface area contributed by atoms with Gasteiger partial charge in [0.1, 0.15) is 12.4 Å². The van der Waals surface area contributed by atoms with Crippen molar-refractivity contribution < 1.29 is 29.3 Å². The number of ether oxygens (including phenoxy) is 1. The number of esters is 1. The molecule has 0 aromatic heterocycles. The number of hydrogen-bond acceptors (Lipinski definition) is 6. The van der Waals surface area contributed by atoms with Crippen LogP contribution in [0.15, 0.2) is 30.3 Å². The molecular formula is C21H21NO6. The van der Waals surface area contributed by atoms with Crippen molar-refractivity contribution in [1.82, 2.24) is 0 Å². The van der Waals surface area contributed by atoms with Crippen LogP contribution in [0.3, 0.4) is 0 Å². The molecule has 1 atom stereocenters. The van der Waals surface area contributed by atoms with Gasteiger partial charge in [-0.2, -0.15) is 0 Å². The van der Waals surface area contributed by atoms with E-state index in [9.17, 15) is 24.6 Å². The maximum Gasteiger partial charge on any atom is 0.338 e. The molecule has 2 N–H and O–H groups in total. The molecule has 146 valence electrons. The molecule has 0 aliphatic carbocycles. The summed E-state index contributed by atoms with van der Waals surface area (Å²) in [7, 11) is 0. The van der Waals surface area contributed by atoms with Gasteiger partial charge in [-0.1, -0.05) is 6.92 Å². The highest BCUT2D eigenvalue weighted by Gasteiger charge is 2.38. The van der Waals surface area contributed by atoms with E-state index in [4.69, 9.17) is 4.74 Å². The fourth-order valence-corrected chi connectivity index (χ4v) is 2.99. The zero-order valence-electron chi connectivity index (χ0n) is 15.9. The second kappa shape index (κ2) is 7.44. The Hall–Kier alpha value is -3.19. The van der Waals surface area contributed by atoms with E-state index in [0.717, 1.165) is 4.90 Å². The summed E-state index contributed by atoms with van der Waals surface area (Å²) in [6.07, 6.45) is -0.303. The van der Waals surface area contributed by atoms with Crippen molar-refractivity contribution in [3.8, 4) is 5.75 Å². The normalized spacial score (nSPS) is 14.2. The Morgan fingerprint density at radius 2 is 1.75 bits per heavy atom. The lowest BCUT2D eigenvalue weighted by Crippen LogP contribution is -2.30. The molecule has 2 aromatic rings. The number of phenolic OH excluding ortho intramolecular Hbond substituents is 1. The third-order valence-corrected chi connectivity index (χ3v) is 4.76. The van der Waals surface area contributed by atoms with Crippen LogP contribution in [0.5, 0.6) is 5.75 Å². The summed E-state index contributed by atoms with van der Waals surface area (Å²) in [4.78, 5) is 38.9. The molecule has 0 saturated heterocycles. The first kappa shape index (κ1) is 19.6. The molecule has 7 heteroatoms. The van der Waals surface area contributed by atoms with Crippen molar-refractivity contribution >= 4 is 23.5 Å². The number of anilines is 1. The fraction of sp³-hybridized carbons (Fsp3) is 0.286. The van der Waals surface area contributed by atoms with Crippen molar-refractivity contribution in [2.24, 2.45) is 0 Å². The number of rotatable bonds is 5. The van der Waals surface area contributed by atoms with E-state index in [1.54, 1.807) is 26.8 Å². The Balaban J connectivity index is 1.92. The van der Waals surface area contributed by atoms with E-state index in [0.29, 0.717) is 23.2 Å². The molecule has 1 heterocycles. The third kappa shape index (κ3) is 3.36. The van der Waals surface area contributed by atoms with Crippen LogP contribution in [0.1, 0.15) is 55.5 Å². The number of aliphatic hydroxyl groups excluding tert-OH is 1. The van der Waals surface area contributed by atoms with Gasteiger partial charge in [0.25, 0.3) is 11.8 Å². The lowest BCUT2D eigenvalue weighted by molar-refractivity contribution is 0.0250. The molecule has 28 heavy (non-hydrogen) atoms. The molecule has 7 nitrogen and oxygen atoms in total. The minimum Gasteiger partial charge on any atom is -0.508 e. The quantitative estimate of drug-likeness (QED) is 0.608. The predicted molar refractivity (Wildman–Crippen MR) is 102 cm³/mol. The summed E-state index contributed by atoms with van der Waals surface area (Å²) < 4.78 is 5.04. The first-order valence-electron chi connectivity index (χ1n) is 8.92. The molecule has 1 aliphatic rings. The molecule has 0 bridgehead atoms. The van der Waals surface area contributed by atoms with E-state index in [-0.39, 0.29) is 29.0 Å². The maximum atomic E-state index is 12.9. The zero-order valence-corrected chi connectivity index (χ0v) is 15.9. The topological polar surface area (TPSA) is 104 Å². The molecular weight excluding hydrogens is 362 g/mol. The number of aliphatic hydroxyl groups is 1. The van der Waals surface area contributed by atoms with E-state index in [2.05, 4.69) is 0 Å². The number of aromatic hydroxyl groups is 1. The Labute approximate surface area is 162 Å². The average Bonchev–Trinajstić information content (AvgIpc) is 2.92. The number of aryl methyl sites for hydroxylation is 2. The number of carbonyl (C=O) groups is 3. The Morgan fingerprint density at radius 3 is 2.43 bits per heavy atom. The van der Waals surface area contributed by atoms with Crippen molar-refractivity contribution in [3.63, 3.8) is 0 Å². The summed E-state index contributed by atoms with van der Waals surface area (Å²) in [5.41, 5.74) is 1.93. The second-order valence-corrected chi connectivity index (χ2v) is 6.79. The number of hydrogen-bond donors (Lipinski definition) is 2. The summed E-state index contributed by atoms with van der Waals surface area (Å²) >= 11 is 0. The van der Waals surface area contributed by atoms with E-state index >= 15 is 0 Å². The van der Waals surface area contributed by atoms with Gasteiger partial charge in [0.15, 0.2) is 0 Å². The highest BCUT2D eigenvalue weighted by atomic mass is 16.5. The van der Waals surface area contributed by atoms with Gasteiger partial charge in [-0.15, -0.1) is 0 Å². The third-order valence-electron chi connectivity index (χ3n) is 4.76. The zero-order chi connectivity index (χ0) is 20.6. The van der Waals surface area contributed by atoms with Gasteiger partial charge < -0.3 is 14.9 Å². The summed E-state index contributed by atoms with van der Waals surface area (Å²) in [5.74, 6) is -1.63. The molecule has 0 spiro atoms. The lowest BCUT2D eigenvalue weighted by Gasteiger charge is -2.17. The van der Waals surface area contributed by atoms with Crippen LogP contribution < -0.4 is 4.90 Å². The summed E-state index contributed by atoms with van der Waals surface area (Å²) in [5, 5.41) is 19.3. The van der Waals surface area contributed by atoms with Crippen LogP contribution in [-0.4, -0.2) is 40.7 Å². The van der Waals surface area contributed by atoms with Crippen LogP contribution >= 0.6 is 0 Å². The number of phenols is 1. The van der Waals surface area contributed by atoms with Crippen LogP contribution in [-0.2, 0) is 4.74 Å². The standard InChI is InChI=1S/C21H21NO6/c1-4-14(23)10-28-21(27)13-5-6-15-16(9-13)20(26)22(19(15)25)17-7-12(3)18(24)8-11(17)2/h5-9,14,23-24H,4,10H2,1-3H3. The number of benzene rings is 2. The largest absolute Gasteiger partial charge is 0.508 e. The van der Waals surface area contributed by atoms with Crippen LogP contribution in [0.2, 0.25) is 0 Å². The average molecular weight is 383 g/mol. The smallest absolute Gasteiger partial charge is 0.338 e. The molecule has 2 amide bonds. The number of amides is 2.